The predicted molar refractivity (Wildman–Crippen MR) is 141 cm³/mol. The van der Waals surface area contributed by atoms with Crippen molar-refractivity contribution in [2.45, 2.75) is 77.0 Å². The van der Waals surface area contributed by atoms with Gasteiger partial charge in [-0.15, -0.1) is 0 Å². The van der Waals surface area contributed by atoms with Crippen molar-refractivity contribution >= 4 is 22.7 Å². The van der Waals surface area contributed by atoms with Gasteiger partial charge in [-0.2, -0.15) is 5.10 Å². The third kappa shape index (κ3) is 4.55. The molecule has 186 valence electrons. The van der Waals surface area contributed by atoms with Crippen LogP contribution < -0.4 is 9.80 Å². The topological polar surface area (TPSA) is 40.4 Å². The first-order valence-electron chi connectivity index (χ1n) is 14.3. The fourth-order valence-corrected chi connectivity index (χ4v) is 7.27. The highest BCUT2D eigenvalue weighted by Crippen LogP contribution is 2.43. The number of piperidine rings is 2. The van der Waals surface area contributed by atoms with E-state index in [-0.39, 0.29) is 0 Å². The molecule has 6 rings (SSSR count). The number of hydrogen-bond acceptors (Lipinski definition) is 5. The van der Waals surface area contributed by atoms with Crippen LogP contribution in [0.25, 0.3) is 11.0 Å². The molecule has 2 aromatic heterocycles. The Morgan fingerprint density at radius 1 is 0.794 bits per heavy atom. The van der Waals surface area contributed by atoms with Gasteiger partial charge in [-0.05, 0) is 87.9 Å². The van der Waals surface area contributed by atoms with E-state index in [2.05, 4.69) is 33.9 Å². The molecule has 0 bridgehead atoms. The molecule has 1 saturated carbocycles. The summed E-state index contributed by atoms with van der Waals surface area (Å²) in [5.41, 5.74) is 1.61. The number of nitrogens with zero attached hydrogens (tertiary/aromatic N) is 6. The quantitative estimate of drug-likeness (QED) is 0.620. The summed E-state index contributed by atoms with van der Waals surface area (Å²) < 4.78 is 2.01. The van der Waals surface area contributed by atoms with Crippen LogP contribution in [0.1, 0.15) is 77.0 Å². The summed E-state index contributed by atoms with van der Waals surface area (Å²) in [5, 5.41) is 6.20. The standard InChI is InChI=1S/C28H44N6/c1-31-26-24(10-11-25(29-26)33-16-6-2-3-7-17-33)27(30-31)34-20-14-28(15-21-34)12-18-32(19-13-28)22-23-8-4-5-9-23/h10-11,23H,2-9,12-22H2,1H3. The van der Waals surface area contributed by atoms with Crippen molar-refractivity contribution in [1.29, 1.82) is 0 Å². The maximum absolute atomic E-state index is 5.08. The summed E-state index contributed by atoms with van der Waals surface area (Å²) in [6.07, 6.45) is 16.6. The van der Waals surface area contributed by atoms with Crippen molar-refractivity contribution in [2.75, 3.05) is 55.6 Å². The molecule has 1 aliphatic carbocycles. The minimum absolute atomic E-state index is 0.575. The highest BCUT2D eigenvalue weighted by atomic mass is 15.4. The molecule has 0 atom stereocenters. The highest BCUT2D eigenvalue weighted by Gasteiger charge is 2.38. The molecule has 5 heterocycles. The Labute approximate surface area is 205 Å². The first-order chi connectivity index (χ1) is 16.7. The third-order valence-electron chi connectivity index (χ3n) is 9.61. The number of pyridine rings is 1. The molecular formula is C28H44N6. The van der Waals surface area contributed by atoms with Crippen LogP contribution >= 0.6 is 0 Å². The number of likely N-dealkylation sites (tertiary alicyclic amines) is 1. The Bertz CT molecular complexity index is 951. The van der Waals surface area contributed by atoms with Gasteiger partial charge in [0.15, 0.2) is 11.5 Å². The van der Waals surface area contributed by atoms with Gasteiger partial charge in [0.05, 0.1) is 5.39 Å². The summed E-state index contributed by atoms with van der Waals surface area (Å²) >= 11 is 0. The predicted octanol–water partition coefficient (Wildman–Crippen LogP) is 5.22. The second-order valence-corrected chi connectivity index (χ2v) is 11.8. The van der Waals surface area contributed by atoms with Gasteiger partial charge >= 0.3 is 0 Å². The SMILES string of the molecule is Cn1nc(N2CCC3(CCN(CC4CCCC4)CC3)CC2)c2ccc(N3CCCCCC3)nc21. The second kappa shape index (κ2) is 9.67. The summed E-state index contributed by atoms with van der Waals surface area (Å²) in [6.45, 7) is 8.57. The molecule has 6 heteroatoms. The molecule has 0 radical (unpaired) electrons. The Kier molecular flexibility index (Phi) is 6.44. The summed E-state index contributed by atoms with van der Waals surface area (Å²) in [4.78, 5) is 12.9. The van der Waals surface area contributed by atoms with E-state index in [0.717, 1.165) is 49.4 Å². The lowest BCUT2D eigenvalue weighted by Crippen LogP contribution is -2.47. The smallest absolute Gasteiger partial charge is 0.162 e. The first-order valence-corrected chi connectivity index (χ1v) is 14.3. The molecule has 2 aromatic rings. The van der Waals surface area contributed by atoms with Gasteiger partial charge in [0.1, 0.15) is 5.82 Å². The Morgan fingerprint density at radius 3 is 2.18 bits per heavy atom. The lowest BCUT2D eigenvalue weighted by atomic mass is 9.71. The lowest BCUT2D eigenvalue weighted by Gasteiger charge is -2.47. The minimum Gasteiger partial charge on any atom is -0.357 e. The van der Waals surface area contributed by atoms with E-state index in [4.69, 9.17) is 10.1 Å². The maximum Gasteiger partial charge on any atom is 0.162 e. The third-order valence-corrected chi connectivity index (χ3v) is 9.61. The van der Waals surface area contributed by atoms with Crippen molar-refractivity contribution in [3.63, 3.8) is 0 Å². The zero-order valence-corrected chi connectivity index (χ0v) is 21.4. The van der Waals surface area contributed by atoms with Crippen molar-refractivity contribution in [2.24, 2.45) is 18.4 Å². The monoisotopic (exact) mass is 464 g/mol. The van der Waals surface area contributed by atoms with E-state index >= 15 is 0 Å². The molecule has 4 fully saturated rings. The Hall–Kier alpha value is -1.82. The van der Waals surface area contributed by atoms with E-state index in [1.54, 1.807) is 0 Å². The van der Waals surface area contributed by atoms with E-state index < -0.39 is 0 Å². The second-order valence-electron chi connectivity index (χ2n) is 11.8. The van der Waals surface area contributed by atoms with Crippen LogP contribution in [-0.4, -0.2) is 65.5 Å². The molecule has 6 nitrogen and oxygen atoms in total. The fraction of sp³-hybridized carbons (Fsp3) is 0.786. The van der Waals surface area contributed by atoms with Gasteiger partial charge < -0.3 is 14.7 Å². The molecule has 0 unspecified atom stereocenters. The number of rotatable bonds is 4. The van der Waals surface area contributed by atoms with Gasteiger partial charge in [-0.3, -0.25) is 0 Å². The van der Waals surface area contributed by atoms with Crippen molar-refractivity contribution in [3.05, 3.63) is 12.1 Å². The summed E-state index contributed by atoms with van der Waals surface area (Å²) in [5.74, 6) is 3.27. The molecule has 0 N–H and O–H groups in total. The van der Waals surface area contributed by atoms with E-state index in [0.29, 0.717) is 5.41 Å². The number of hydrogen-bond donors (Lipinski definition) is 0. The van der Waals surface area contributed by atoms with Gasteiger partial charge in [0, 0.05) is 39.8 Å². The van der Waals surface area contributed by atoms with Crippen LogP contribution in [0.15, 0.2) is 12.1 Å². The number of fused-ring (bicyclic) bond motifs is 1. The number of aromatic nitrogens is 3. The summed E-state index contributed by atoms with van der Waals surface area (Å²) in [6, 6.07) is 4.53. The molecule has 0 aromatic carbocycles. The number of aryl methyl sites for hydroxylation is 1. The van der Waals surface area contributed by atoms with E-state index in [1.807, 2.05) is 4.68 Å². The van der Waals surface area contributed by atoms with Gasteiger partial charge in [-0.1, -0.05) is 25.7 Å². The molecule has 4 aliphatic rings. The maximum atomic E-state index is 5.08. The largest absolute Gasteiger partial charge is 0.357 e. The summed E-state index contributed by atoms with van der Waals surface area (Å²) in [7, 11) is 2.07. The first kappa shape index (κ1) is 22.6. The van der Waals surface area contributed by atoms with Crippen molar-refractivity contribution < 1.29 is 0 Å². The van der Waals surface area contributed by atoms with Crippen LogP contribution in [0, 0.1) is 11.3 Å². The molecular weight excluding hydrogens is 420 g/mol. The minimum atomic E-state index is 0.575. The number of anilines is 2. The molecule has 34 heavy (non-hydrogen) atoms. The van der Waals surface area contributed by atoms with Crippen LogP contribution in [0.4, 0.5) is 11.6 Å². The van der Waals surface area contributed by atoms with E-state index in [9.17, 15) is 0 Å². The van der Waals surface area contributed by atoms with Crippen molar-refractivity contribution in [3.8, 4) is 0 Å². The van der Waals surface area contributed by atoms with Crippen LogP contribution in [-0.2, 0) is 7.05 Å². The Balaban J connectivity index is 1.10. The molecule has 1 spiro atoms. The average Bonchev–Trinajstić information content (AvgIpc) is 3.39. The van der Waals surface area contributed by atoms with Gasteiger partial charge in [-0.25, -0.2) is 9.67 Å². The van der Waals surface area contributed by atoms with Gasteiger partial charge in [0.25, 0.3) is 0 Å². The fourth-order valence-electron chi connectivity index (χ4n) is 7.27. The molecule has 3 saturated heterocycles. The van der Waals surface area contributed by atoms with Crippen LogP contribution in [0.3, 0.4) is 0 Å². The zero-order valence-electron chi connectivity index (χ0n) is 21.4. The van der Waals surface area contributed by atoms with E-state index in [1.165, 1.54) is 102 Å². The average molecular weight is 465 g/mol. The zero-order chi connectivity index (χ0) is 23.0. The van der Waals surface area contributed by atoms with Crippen LogP contribution in [0.2, 0.25) is 0 Å². The van der Waals surface area contributed by atoms with Crippen LogP contribution in [0.5, 0.6) is 0 Å². The molecule has 0 amide bonds. The van der Waals surface area contributed by atoms with Crippen molar-refractivity contribution in [1.82, 2.24) is 19.7 Å². The normalized spacial score (nSPS) is 24.9. The lowest BCUT2D eigenvalue weighted by molar-refractivity contribution is 0.0710. The van der Waals surface area contributed by atoms with Gasteiger partial charge in [0.2, 0.25) is 0 Å². The Morgan fingerprint density at radius 2 is 1.47 bits per heavy atom. The highest BCUT2D eigenvalue weighted by molar-refractivity contribution is 5.89. The molecule has 3 aliphatic heterocycles.